The molecule has 0 bridgehead atoms. The van der Waals surface area contributed by atoms with Gasteiger partial charge in [0.25, 0.3) is 0 Å². The Morgan fingerprint density at radius 1 is 1.41 bits per heavy atom. The van der Waals surface area contributed by atoms with Crippen molar-refractivity contribution in [3.05, 3.63) is 36.0 Å². The Balaban J connectivity index is 2.21. The number of benzene rings is 1. The van der Waals surface area contributed by atoms with Crippen LogP contribution < -0.4 is 11.1 Å². The second kappa shape index (κ2) is 5.01. The summed E-state index contributed by atoms with van der Waals surface area (Å²) in [6.07, 6.45) is 2.51. The number of nitrogens with one attached hydrogen (secondary N) is 1. The summed E-state index contributed by atoms with van der Waals surface area (Å²) >= 11 is 0. The molecule has 3 N–H and O–H groups in total. The first-order chi connectivity index (χ1) is 8.24. The van der Waals surface area contributed by atoms with Crippen LogP contribution in [0.3, 0.4) is 0 Å². The van der Waals surface area contributed by atoms with Gasteiger partial charge in [-0.3, -0.25) is 4.79 Å². The molecule has 1 amide bonds. The van der Waals surface area contributed by atoms with Crippen LogP contribution in [-0.2, 0) is 17.9 Å². The molecule has 0 aliphatic rings. The lowest BCUT2D eigenvalue weighted by molar-refractivity contribution is -0.120. The Kier molecular flexibility index (Phi) is 3.44. The van der Waals surface area contributed by atoms with Crippen LogP contribution in [0, 0.1) is 0 Å². The molecule has 1 aromatic carbocycles. The van der Waals surface area contributed by atoms with Gasteiger partial charge in [0.2, 0.25) is 5.91 Å². The highest BCUT2D eigenvalue weighted by Crippen LogP contribution is 2.17. The van der Waals surface area contributed by atoms with Crippen LogP contribution in [0.25, 0.3) is 10.9 Å². The summed E-state index contributed by atoms with van der Waals surface area (Å²) in [5.41, 5.74) is 7.88. The zero-order valence-electron chi connectivity index (χ0n) is 9.94. The highest BCUT2D eigenvalue weighted by Gasteiger charge is 2.03. The minimum absolute atomic E-state index is 0.0606. The highest BCUT2D eigenvalue weighted by atomic mass is 16.1. The van der Waals surface area contributed by atoms with Crippen molar-refractivity contribution in [1.29, 1.82) is 0 Å². The van der Waals surface area contributed by atoms with Gasteiger partial charge in [-0.05, 0) is 29.1 Å². The Morgan fingerprint density at radius 3 is 2.94 bits per heavy atom. The Labute approximate surface area is 100 Å². The molecule has 1 aromatic heterocycles. The summed E-state index contributed by atoms with van der Waals surface area (Å²) in [4.78, 5) is 11.2. The molecule has 1 heterocycles. The van der Waals surface area contributed by atoms with Gasteiger partial charge in [-0.1, -0.05) is 6.07 Å². The van der Waals surface area contributed by atoms with Gasteiger partial charge in [0, 0.05) is 38.3 Å². The van der Waals surface area contributed by atoms with E-state index in [1.165, 1.54) is 5.39 Å². The quantitative estimate of drug-likeness (QED) is 0.831. The molecule has 0 unspecified atom stereocenters. The fourth-order valence-corrected chi connectivity index (χ4v) is 1.92. The SMILES string of the molecule is CNC(=O)CCn1ccc2cc(CN)ccc21. The lowest BCUT2D eigenvalue weighted by Gasteiger charge is -2.05. The topological polar surface area (TPSA) is 60.0 Å². The van der Waals surface area contributed by atoms with Crippen molar-refractivity contribution < 1.29 is 4.79 Å². The number of fused-ring (bicyclic) bond motifs is 1. The summed E-state index contributed by atoms with van der Waals surface area (Å²) in [7, 11) is 1.66. The molecule has 0 aliphatic heterocycles. The number of nitrogens with two attached hydrogens (primary N) is 1. The molecule has 0 saturated heterocycles. The average molecular weight is 231 g/mol. The van der Waals surface area contributed by atoms with E-state index >= 15 is 0 Å². The second-order valence-electron chi connectivity index (χ2n) is 4.03. The molecule has 4 heteroatoms. The van der Waals surface area contributed by atoms with E-state index < -0.39 is 0 Å². The van der Waals surface area contributed by atoms with E-state index in [4.69, 9.17) is 5.73 Å². The van der Waals surface area contributed by atoms with E-state index in [-0.39, 0.29) is 5.91 Å². The van der Waals surface area contributed by atoms with Crippen molar-refractivity contribution in [3.63, 3.8) is 0 Å². The molecule has 0 atom stereocenters. The molecule has 0 spiro atoms. The molecular weight excluding hydrogens is 214 g/mol. The van der Waals surface area contributed by atoms with E-state index in [9.17, 15) is 4.79 Å². The molecule has 2 aromatic rings. The predicted molar refractivity (Wildman–Crippen MR) is 68.5 cm³/mol. The van der Waals surface area contributed by atoms with Gasteiger partial charge in [-0.15, -0.1) is 0 Å². The lowest BCUT2D eigenvalue weighted by Crippen LogP contribution is -2.19. The van der Waals surface area contributed by atoms with Gasteiger partial charge in [0.15, 0.2) is 0 Å². The largest absolute Gasteiger partial charge is 0.359 e. The number of amides is 1. The number of aromatic nitrogens is 1. The lowest BCUT2D eigenvalue weighted by atomic mass is 10.1. The van der Waals surface area contributed by atoms with Crippen LogP contribution in [0.1, 0.15) is 12.0 Å². The van der Waals surface area contributed by atoms with Crippen LogP contribution in [-0.4, -0.2) is 17.5 Å². The smallest absolute Gasteiger partial charge is 0.221 e. The first-order valence-corrected chi connectivity index (χ1v) is 5.73. The van der Waals surface area contributed by atoms with Gasteiger partial charge in [-0.2, -0.15) is 0 Å². The van der Waals surface area contributed by atoms with Crippen LogP contribution in [0.15, 0.2) is 30.5 Å². The van der Waals surface area contributed by atoms with Gasteiger partial charge in [0.05, 0.1) is 0 Å². The Morgan fingerprint density at radius 2 is 2.24 bits per heavy atom. The maximum absolute atomic E-state index is 11.2. The van der Waals surface area contributed by atoms with Crippen LogP contribution >= 0.6 is 0 Å². The predicted octanol–water partition coefficient (Wildman–Crippen LogP) is 1.24. The first kappa shape index (κ1) is 11.7. The van der Waals surface area contributed by atoms with Crippen molar-refractivity contribution in [2.24, 2.45) is 5.73 Å². The number of rotatable bonds is 4. The van der Waals surface area contributed by atoms with E-state index in [0.717, 1.165) is 11.1 Å². The standard InChI is InChI=1S/C13H17N3O/c1-15-13(17)5-7-16-6-4-11-8-10(9-14)2-3-12(11)16/h2-4,6,8H,5,7,9,14H2,1H3,(H,15,17). The van der Waals surface area contributed by atoms with Crippen LogP contribution in [0.4, 0.5) is 0 Å². The van der Waals surface area contributed by atoms with E-state index in [1.807, 2.05) is 12.3 Å². The zero-order chi connectivity index (χ0) is 12.3. The maximum atomic E-state index is 11.2. The Hall–Kier alpha value is -1.81. The number of carbonyl (C=O) groups excluding carboxylic acids is 1. The van der Waals surface area contributed by atoms with Gasteiger partial charge < -0.3 is 15.6 Å². The van der Waals surface area contributed by atoms with E-state index in [0.29, 0.717) is 19.5 Å². The number of carbonyl (C=O) groups is 1. The van der Waals surface area contributed by atoms with Gasteiger partial charge in [0.1, 0.15) is 0 Å². The average Bonchev–Trinajstić information content (AvgIpc) is 2.77. The number of nitrogens with zero attached hydrogens (tertiary/aromatic N) is 1. The van der Waals surface area contributed by atoms with Crippen molar-refractivity contribution >= 4 is 16.8 Å². The maximum Gasteiger partial charge on any atom is 0.221 e. The van der Waals surface area contributed by atoms with E-state index in [1.54, 1.807) is 7.05 Å². The minimum atomic E-state index is 0.0606. The zero-order valence-corrected chi connectivity index (χ0v) is 9.94. The summed E-state index contributed by atoms with van der Waals surface area (Å²) in [6, 6.07) is 8.23. The summed E-state index contributed by atoms with van der Waals surface area (Å²) < 4.78 is 2.09. The molecule has 0 radical (unpaired) electrons. The third-order valence-corrected chi connectivity index (χ3v) is 2.93. The van der Waals surface area contributed by atoms with Crippen LogP contribution in [0.5, 0.6) is 0 Å². The molecule has 4 nitrogen and oxygen atoms in total. The van der Waals surface area contributed by atoms with Gasteiger partial charge in [-0.25, -0.2) is 0 Å². The first-order valence-electron chi connectivity index (χ1n) is 5.73. The summed E-state index contributed by atoms with van der Waals surface area (Å²) in [6.45, 7) is 1.25. The highest BCUT2D eigenvalue weighted by molar-refractivity contribution is 5.81. The second-order valence-corrected chi connectivity index (χ2v) is 4.03. The fraction of sp³-hybridized carbons (Fsp3) is 0.308. The summed E-state index contributed by atoms with van der Waals surface area (Å²) in [5, 5.41) is 3.80. The molecule has 17 heavy (non-hydrogen) atoms. The number of hydrogen-bond donors (Lipinski definition) is 2. The minimum Gasteiger partial charge on any atom is -0.359 e. The normalized spacial score (nSPS) is 10.7. The monoisotopic (exact) mass is 231 g/mol. The number of hydrogen-bond acceptors (Lipinski definition) is 2. The number of aryl methyl sites for hydroxylation is 1. The molecule has 90 valence electrons. The molecular formula is C13H17N3O. The molecule has 0 saturated carbocycles. The summed E-state index contributed by atoms with van der Waals surface area (Å²) in [5.74, 6) is 0.0606. The fourth-order valence-electron chi connectivity index (χ4n) is 1.92. The van der Waals surface area contributed by atoms with Crippen molar-refractivity contribution in [2.75, 3.05) is 7.05 Å². The molecule has 0 fully saturated rings. The molecule has 2 rings (SSSR count). The Bertz CT molecular complexity index is 530. The molecule has 0 aliphatic carbocycles. The third-order valence-electron chi connectivity index (χ3n) is 2.93. The van der Waals surface area contributed by atoms with Gasteiger partial charge >= 0.3 is 0 Å². The van der Waals surface area contributed by atoms with Crippen molar-refractivity contribution in [3.8, 4) is 0 Å². The van der Waals surface area contributed by atoms with Crippen molar-refractivity contribution in [1.82, 2.24) is 9.88 Å². The van der Waals surface area contributed by atoms with Crippen LogP contribution in [0.2, 0.25) is 0 Å². The van der Waals surface area contributed by atoms with E-state index in [2.05, 4.69) is 28.1 Å². The third kappa shape index (κ3) is 2.47. The van der Waals surface area contributed by atoms with Crippen molar-refractivity contribution in [2.45, 2.75) is 19.5 Å².